The largest absolute Gasteiger partial charge is 0.396 e. The van der Waals surface area contributed by atoms with E-state index >= 15 is 0 Å². The first kappa shape index (κ1) is 19.4. The summed E-state index contributed by atoms with van der Waals surface area (Å²) >= 11 is 0. The summed E-state index contributed by atoms with van der Waals surface area (Å²) in [6.45, 7) is 6.92. The zero-order valence-electron chi connectivity index (χ0n) is 14.3. The van der Waals surface area contributed by atoms with Crippen LogP contribution in [0.4, 0.5) is 4.39 Å². The van der Waals surface area contributed by atoms with Gasteiger partial charge in [-0.05, 0) is 55.0 Å². The molecule has 0 aliphatic carbocycles. The molecule has 0 aromatic heterocycles. The Labute approximate surface area is 138 Å². The van der Waals surface area contributed by atoms with Gasteiger partial charge in [0.25, 0.3) is 0 Å². The summed E-state index contributed by atoms with van der Waals surface area (Å²) in [5.74, 6) is 0.128. The van der Waals surface area contributed by atoms with Crippen LogP contribution in [0, 0.1) is 11.7 Å². The second-order valence-electron chi connectivity index (χ2n) is 5.94. The quantitative estimate of drug-likeness (QED) is 0.727. The third-order valence-electron chi connectivity index (χ3n) is 3.88. The minimum absolute atomic E-state index is 0.0106. The molecule has 1 aromatic rings. The number of rotatable bonds is 9. The van der Waals surface area contributed by atoms with E-state index in [-0.39, 0.29) is 19.0 Å². The highest BCUT2D eigenvalue weighted by atomic mass is 19.1. The Kier molecular flexibility index (Phi) is 8.59. The van der Waals surface area contributed by atoms with Crippen molar-refractivity contribution in [2.75, 3.05) is 19.8 Å². The van der Waals surface area contributed by atoms with Crippen molar-refractivity contribution < 1.29 is 14.6 Å². The molecule has 0 radical (unpaired) electrons. The number of aliphatic hydroxyl groups excluding tert-OH is 2. The Morgan fingerprint density at radius 1 is 1.17 bits per heavy atom. The highest BCUT2D eigenvalue weighted by molar-refractivity contribution is 5.63. The maximum atomic E-state index is 13.0. The van der Waals surface area contributed by atoms with E-state index in [0.717, 1.165) is 36.1 Å². The fourth-order valence-electron chi connectivity index (χ4n) is 2.41. The molecule has 0 saturated heterocycles. The summed E-state index contributed by atoms with van der Waals surface area (Å²) in [6, 6.07) is 6.42. The molecule has 0 aliphatic rings. The standard InChI is InChI=1S/C19H28FNO2/c1-4-17(9-10-22)13-21(11-15(2)14-23)12-16(3)18-5-7-19(20)8-6-18/h5-8,11-12,17,22-23H,4,9-10,13-14H2,1-3H3/b15-11+,16-12+. The van der Waals surface area contributed by atoms with Crippen LogP contribution >= 0.6 is 0 Å². The Morgan fingerprint density at radius 2 is 1.83 bits per heavy atom. The van der Waals surface area contributed by atoms with Crippen molar-refractivity contribution in [3.8, 4) is 0 Å². The van der Waals surface area contributed by atoms with Crippen molar-refractivity contribution in [2.24, 2.45) is 5.92 Å². The maximum absolute atomic E-state index is 13.0. The minimum atomic E-state index is -0.247. The van der Waals surface area contributed by atoms with Gasteiger partial charge in [-0.15, -0.1) is 0 Å². The van der Waals surface area contributed by atoms with Gasteiger partial charge in [0.1, 0.15) is 5.82 Å². The van der Waals surface area contributed by atoms with E-state index in [4.69, 9.17) is 5.11 Å². The molecule has 0 amide bonds. The van der Waals surface area contributed by atoms with E-state index in [1.54, 1.807) is 12.1 Å². The average molecular weight is 321 g/mol. The lowest BCUT2D eigenvalue weighted by atomic mass is 10.0. The SMILES string of the molecule is CCC(CCO)CN(/C=C(\C)CO)/C=C(\C)c1ccc(F)cc1. The van der Waals surface area contributed by atoms with Crippen molar-refractivity contribution in [3.63, 3.8) is 0 Å². The summed E-state index contributed by atoms with van der Waals surface area (Å²) in [6.07, 6.45) is 5.66. The smallest absolute Gasteiger partial charge is 0.123 e. The van der Waals surface area contributed by atoms with Gasteiger partial charge in [-0.25, -0.2) is 4.39 Å². The number of benzene rings is 1. The number of halogens is 1. The molecule has 23 heavy (non-hydrogen) atoms. The summed E-state index contributed by atoms with van der Waals surface area (Å²) in [7, 11) is 0. The molecule has 0 saturated carbocycles. The first-order valence-corrected chi connectivity index (χ1v) is 8.09. The molecule has 1 unspecified atom stereocenters. The van der Waals surface area contributed by atoms with Crippen LogP contribution in [0.2, 0.25) is 0 Å². The molecule has 0 bridgehead atoms. The van der Waals surface area contributed by atoms with Crippen molar-refractivity contribution in [1.82, 2.24) is 4.90 Å². The predicted molar refractivity (Wildman–Crippen MR) is 93.1 cm³/mol. The van der Waals surface area contributed by atoms with Crippen LogP contribution in [-0.2, 0) is 0 Å². The van der Waals surface area contributed by atoms with Gasteiger partial charge in [-0.1, -0.05) is 25.5 Å². The number of nitrogens with zero attached hydrogens (tertiary/aromatic N) is 1. The summed E-state index contributed by atoms with van der Waals surface area (Å²) in [5.41, 5.74) is 2.85. The molecule has 128 valence electrons. The van der Waals surface area contributed by atoms with Gasteiger partial charge < -0.3 is 15.1 Å². The molecular weight excluding hydrogens is 293 g/mol. The van der Waals surface area contributed by atoms with E-state index in [9.17, 15) is 9.50 Å². The summed E-state index contributed by atoms with van der Waals surface area (Å²) < 4.78 is 13.0. The molecule has 0 spiro atoms. The summed E-state index contributed by atoms with van der Waals surface area (Å²) in [4.78, 5) is 2.05. The lowest BCUT2D eigenvalue weighted by Gasteiger charge is -2.24. The average Bonchev–Trinajstić information content (AvgIpc) is 2.54. The Hall–Kier alpha value is -1.65. The molecule has 0 fully saturated rings. The number of allylic oxidation sites excluding steroid dienone is 1. The van der Waals surface area contributed by atoms with Crippen LogP contribution in [0.3, 0.4) is 0 Å². The third kappa shape index (κ3) is 6.97. The zero-order chi connectivity index (χ0) is 17.2. The van der Waals surface area contributed by atoms with E-state index < -0.39 is 0 Å². The van der Waals surface area contributed by atoms with E-state index in [0.29, 0.717) is 5.92 Å². The molecular formula is C19H28FNO2. The molecule has 3 nitrogen and oxygen atoms in total. The van der Waals surface area contributed by atoms with Gasteiger partial charge in [0, 0.05) is 25.6 Å². The number of aliphatic hydroxyl groups is 2. The van der Waals surface area contributed by atoms with Crippen molar-refractivity contribution in [3.05, 3.63) is 53.6 Å². The third-order valence-corrected chi connectivity index (χ3v) is 3.88. The molecule has 1 rings (SSSR count). The van der Waals surface area contributed by atoms with Gasteiger partial charge in [-0.3, -0.25) is 0 Å². The van der Waals surface area contributed by atoms with Crippen LogP contribution in [-0.4, -0.2) is 34.9 Å². The van der Waals surface area contributed by atoms with Crippen LogP contribution in [0.25, 0.3) is 5.57 Å². The fraction of sp³-hybridized carbons (Fsp3) is 0.474. The Balaban J connectivity index is 2.98. The Bertz CT molecular complexity index is 523. The predicted octanol–water partition coefficient (Wildman–Crippen LogP) is 3.79. The van der Waals surface area contributed by atoms with E-state index in [1.165, 1.54) is 12.1 Å². The molecule has 1 aromatic carbocycles. The maximum Gasteiger partial charge on any atom is 0.123 e. The lowest BCUT2D eigenvalue weighted by Crippen LogP contribution is -2.22. The lowest BCUT2D eigenvalue weighted by molar-refractivity contribution is 0.237. The highest BCUT2D eigenvalue weighted by Crippen LogP contribution is 2.18. The normalized spacial score (nSPS) is 14.0. The first-order chi connectivity index (χ1) is 11.0. The topological polar surface area (TPSA) is 43.7 Å². The zero-order valence-corrected chi connectivity index (χ0v) is 14.3. The van der Waals surface area contributed by atoms with E-state index in [2.05, 4.69) is 6.92 Å². The number of hydrogen-bond acceptors (Lipinski definition) is 3. The van der Waals surface area contributed by atoms with Gasteiger partial charge in [0.05, 0.1) is 6.61 Å². The van der Waals surface area contributed by atoms with E-state index in [1.807, 2.05) is 31.1 Å². The second-order valence-corrected chi connectivity index (χ2v) is 5.94. The highest BCUT2D eigenvalue weighted by Gasteiger charge is 2.10. The van der Waals surface area contributed by atoms with Gasteiger partial charge >= 0.3 is 0 Å². The van der Waals surface area contributed by atoms with Gasteiger partial charge in [-0.2, -0.15) is 0 Å². The summed E-state index contributed by atoms with van der Waals surface area (Å²) in [5, 5.41) is 18.4. The van der Waals surface area contributed by atoms with Crippen LogP contribution < -0.4 is 0 Å². The molecule has 0 aliphatic heterocycles. The van der Waals surface area contributed by atoms with Gasteiger partial charge in [0.2, 0.25) is 0 Å². The van der Waals surface area contributed by atoms with Gasteiger partial charge in [0.15, 0.2) is 0 Å². The molecule has 0 heterocycles. The first-order valence-electron chi connectivity index (χ1n) is 8.09. The van der Waals surface area contributed by atoms with Crippen LogP contribution in [0.1, 0.15) is 39.2 Å². The number of hydrogen-bond donors (Lipinski definition) is 2. The molecule has 2 N–H and O–H groups in total. The minimum Gasteiger partial charge on any atom is -0.396 e. The molecule has 4 heteroatoms. The fourth-order valence-corrected chi connectivity index (χ4v) is 2.41. The van der Waals surface area contributed by atoms with Crippen molar-refractivity contribution in [1.29, 1.82) is 0 Å². The monoisotopic (exact) mass is 321 g/mol. The molecule has 1 atom stereocenters. The van der Waals surface area contributed by atoms with Crippen LogP contribution in [0.15, 0.2) is 42.2 Å². The van der Waals surface area contributed by atoms with Crippen molar-refractivity contribution >= 4 is 5.57 Å². The second kappa shape index (κ2) is 10.2. The van der Waals surface area contributed by atoms with Crippen LogP contribution in [0.5, 0.6) is 0 Å². The van der Waals surface area contributed by atoms with Crippen molar-refractivity contribution in [2.45, 2.75) is 33.6 Å². The Morgan fingerprint density at radius 3 is 2.35 bits per heavy atom.